The highest BCUT2D eigenvalue weighted by Crippen LogP contribution is 2.21. The van der Waals surface area contributed by atoms with Crippen LogP contribution in [0.5, 0.6) is 5.75 Å². The van der Waals surface area contributed by atoms with Crippen LogP contribution in [0.4, 0.5) is 0 Å². The molecule has 0 bridgehead atoms. The van der Waals surface area contributed by atoms with Crippen molar-refractivity contribution in [3.63, 3.8) is 0 Å². The van der Waals surface area contributed by atoms with Crippen molar-refractivity contribution in [2.24, 2.45) is 0 Å². The van der Waals surface area contributed by atoms with Gasteiger partial charge in [0.1, 0.15) is 11.8 Å². The maximum absolute atomic E-state index is 8.47. The number of nitriles is 1. The summed E-state index contributed by atoms with van der Waals surface area (Å²) in [5.74, 6) is 0.722. The van der Waals surface area contributed by atoms with Gasteiger partial charge in [-0.15, -0.1) is 11.3 Å². The number of hydrogen-bond acceptors (Lipinski definition) is 4. The zero-order valence-electron chi connectivity index (χ0n) is 10.2. The molecule has 2 rings (SSSR count). The first-order chi connectivity index (χ1) is 9.28. The Bertz CT molecular complexity index is 577. The molecular formula is C14H13ClN2OS. The second-order valence-corrected chi connectivity index (χ2v) is 5.70. The van der Waals surface area contributed by atoms with Gasteiger partial charge in [-0.1, -0.05) is 23.7 Å². The van der Waals surface area contributed by atoms with Crippen LogP contribution >= 0.6 is 22.9 Å². The van der Waals surface area contributed by atoms with Crippen molar-refractivity contribution < 1.29 is 4.74 Å². The van der Waals surface area contributed by atoms with Crippen LogP contribution in [-0.2, 0) is 13.1 Å². The van der Waals surface area contributed by atoms with Gasteiger partial charge in [0.05, 0.1) is 4.34 Å². The molecule has 0 saturated heterocycles. The molecule has 0 spiro atoms. The Balaban J connectivity index is 1.84. The molecule has 0 aliphatic carbocycles. The fraction of sp³-hybridized carbons (Fsp3) is 0.214. The number of thiophene rings is 1. The molecule has 0 aliphatic rings. The van der Waals surface area contributed by atoms with Crippen LogP contribution in [0.15, 0.2) is 36.4 Å². The number of halogens is 1. The standard InChI is InChI=1S/C14H13ClN2OS/c15-14-5-4-13(19-14)10-17-9-11-2-1-3-12(8-11)18-7-6-16/h1-5,8,17H,7,9-10H2. The number of ether oxygens (including phenoxy) is 1. The van der Waals surface area contributed by atoms with E-state index in [-0.39, 0.29) is 6.61 Å². The molecule has 1 N–H and O–H groups in total. The first kappa shape index (κ1) is 13.9. The van der Waals surface area contributed by atoms with Crippen molar-refractivity contribution in [2.75, 3.05) is 6.61 Å². The number of benzene rings is 1. The van der Waals surface area contributed by atoms with E-state index >= 15 is 0 Å². The van der Waals surface area contributed by atoms with Crippen LogP contribution in [0, 0.1) is 11.3 Å². The van der Waals surface area contributed by atoms with E-state index in [1.165, 1.54) is 4.88 Å². The molecule has 98 valence electrons. The third-order valence-electron chi connectivity index (χ3n) is 2.46. The Morgan fingerprint density at radius 1 is 1.26 bits per heavy atom. The molecule has 2 aromatic rings. The first-order valence-corrected chi connectivity index (χ1v) is 7.01. The lowest BCUT2D eigenvalue weighted by molar-refractivity contribution is 0.367. The van der Waals surface area contributed by atoms with Gasteiger partial charge in [0.2, 0.25) is 0 Å². The number of nitrogens with zero attached hydrogens (tertiary/aromatic N) is 1. The Morgan fingerprint density at radius 2 is 2.16 bits per heavy atom. The zero-order valence-corrected chi connectivity index (χ0v) is 11.8. The average molecular weight is 293 g/mol. The minimum absolute atomic E-state index is 0.0740. The van der Waals surface area contributed by atoms with Gasteiger partial charge >= 0.3 is 0 Å². The molecule has 1 heterocycles. The third kappa shape index (κ3) is 4.56. The summed E-state index contributed by atoms with van der Waals surface area (Å²) in [4.78, 5) is 1.21. The predicted molar refractivity (Wildman–Crippen MR) is 77.4 cm³/mol. The largest absolute Gasteiger partial charge is 0.479 e. The summed E-state index contributed by atoms with van der Waals surface area (Å²) in [7, 11) is 0. The van der Waals surface area contributed by atoms with Crippen molar-refractivity contribution >= 4 is 22.9 Å². The molecule has 0 saturated carbocycles. The molecule has 0 aliphatic heterocycles. The molecule has 0 unspecified atom stereocenters. The van der Waals surface area contributed by atoms with Crippen molar-refractivity contribution in [3.05, 3.63) is 51.2 Å². The maximum Gasteiger partial charge on any atom is 0.174 e. The van der Waals surface area contributed by atoms with Gasteiger partial charge in [0, 0.05) is 18.0 Å². The summed E-state index contributed by atoms with van der Waals surface area (Å²) >= 11 is 7.45. The smallest absolute Gasteiger partial charge is 0.174 e. The highest BCUT2D eigenvalue weighted by molar-refractivity contribution is 7.16. The molecule has 5 heteroatoms. The molecule has 3 nitrogen and oxygen atoms in total. The fourth-order valence-electron chi connectivity index (χ4n) is 1.64. The average Bonchev–Trinajstić information content (AvgIpc) is 2.83. The van der Waals surface area contributed by atoms with Crippen LogP contribution in [0.1, 0.15) is 10.4 Å². The number of rotatable bonds is 6. The molecule has 0 atom stereocenters. The lowest BCUT2D eigenvalue weighted by Gasteiger charge is -2.06. The van der Waals surface area contributed by atoms with E-state index in [4.69, 9.17) is 21.6 Å². The van der Waals surface area contributed by atoms with Gasteiger partial charge in [0.25, 0.3) is 0 Å². The number of nitrogens with one attached hydrogen (secondary N) is 1. The zero-order chi connectivity index (χ0) is 13.5. The van der Waals surface area contributed by atoms with Crippen molar-refractivity contribution in [1.82, 2.24) is 5.32 Å². The second kappa shape index (κ2) is 7.15. The monoisotopic (exact) mass is 292 g/mol. The van der Waals surface area contributed by atoms with E-state index in [0.717, 1.165) is 28.7 Å². The molecule has 0 radical (unpaired) electrons. The van der Waals surface area contributed by atoms with Gasteiger partial charge in [-0.05, 0) is 29.8 Å². The lowest BCUT2D eigenvalue weighted by Crippen LogP contribution is -2.11. The van der Waals surface area contributed by atoms with Gasteiger partial charge < -0.3 is 10.1 Å². The predicted octanol–water partition coefficient (Wildman–Crippen LogP) is 3.59. The van der Waals surface area contributed by atoms with Crippen molar-refractivity contribution in [3.8, 4) is 11.8 Å². The van der Waals surface area contributed by atoms with E-state index in [1.807, 2.05) is 42.5 Å². The Kier molecular flexibility index (Phi) is 5.22. The van der Waals surface area contributed by atoms with E-state index in [9.17, 15) is 0 Å². The molecule has 0 fully saturated rings. The molecule has 1 aromatic carbocycles. The highest BCUT2D eigenvalue weighted by Gasteiger charge is 1.99. The molecule has 0 amide bonds. The van der Waals surface area contributed by atoms with Crippen LogP contribution in [0.3, 0.4) is 0 Å². The van der Waals surface area contributed by atoms with Gasteiger partial charge in [0.15, 0.2) is 6.61 Å². The van der Waals surface area contributed by atoms with Crippen molar-refractivity contribution in [2.45, 2.75) is 13.1 Å². The van der Waals surface area contributed by atoms with Crippen LogP contribution in [0.2, 0.25) is 4.34 Å². The normalized spacial score (nSPS) is 10.1. The lowest BCUT2D eigenvalue weighted by atomic mass is 10.2. The van der Waals surface area contributed by atoms with Crippen molar-refractivity contribution in [1.29, 1.82) is 5.26 Å². The summed E-state index contributed by atoms with van der Waals surface area (Å²) < 4.78 is 6.07. The SMILES string of the molecule is N#CCOc1cccc(CNCc2ccc(Cl)s2)c1. The van der Waals surface area contributed by atoms with E-state index in [1.54, 1.807) is 11.3 Å². The van der Waals surface area contributed by atoms with Gasteiger partial charge in [-0.2, -0.15) is 5.26 Å². The quantitative estimate of drug-likeness (QED) is 0.885. The Hall–Kier alpha value is -1.54. The fourth-order valence-corrected chi connectivity index (χ4v) is 2.69. The summed E-state index contributed by atoms with van der Waals surface area (Å²) in [6.45, 7) is 1.62. The van der Waals surface area contributed by atoms with Gasteiger partial charge in [-0.25, -0.2) is 0 Å². The summed E-state index contributed by atoms with van der Waals surface area (Å²) in [5, 5.41) is 11.8. The van der Waals surface area contributed by atoms with E-state index < -0.39 is 0 Å². The Labute approximate surface area is 121 Å². The van der Waals surface area contributed by atoms with E-state index in [2.05, 4.69) is 5.32 Å². The third-order valence-corrected chi connectivity index (χ3v) is 3.69. The number of hydrogen-bond donors (Lipinski definition) is 1. The van der Waals surface area contributed by atoms with Crippen LogP contribution < -0.4 is 10.1 Å². The summed E-state index contributed by atoms with van der Waals surface area (Å²) in [6.07, 6.45) is 0. The molecule has 19 heavy (non-hydrogen) atoms. The minimum Gasteiger partial charge on any atom is -0.479 e. The maximum atomic E-state index is 8.47. The topological polar surface area (TPSA) is 45.0 Å². The highest BCUT2D eigenvalue weighted by atomic mass is 35.5. The minimum atomic E-state index is 0.0740. The first-order valence-electron chi connectivity index (χ1n) is 5.81. The molecule has 1 aromatic heterocycles. The second-order valence-electron chi connectivity index (χ2n) is 3.90. The summed E-state index contributed by atoms with van der Waals surface area (Å²) in [6, 6.07) is 13.6. The van der Waals surface area contributed by atoms with Crippen LogP contribution in [0.25, 0.3) is 0 Å². The molecular weight excluding hydrogens is 280 g/mol. The van der Waals surface area contributed by atoms with E-state index in [0.29, 0.717) is 0 Å². The Morgan fingerprint density at radius 3 is 2.89 bits per heavy atom. The van der Waals surface area contributed by atoms with Crippen LogP contribution in [-0.4, -0.2) is 6.61 Å². The van der Waals surface area contributed by atoms with Gasteiger partial charge in [-0.3, -0.25) is 0 Å². The summed E-state index contributed by atoms with van der Waals surface area (Å²) in [5.41, 5.74) is 1.12.